The van der Waals surface area contributed by atoms with E-state index >= 15 is 0 Å². The van der Waals surface area contributed by atoms with Crippen LogP contribution < -0.4 is 10.0 Å². The van der Waals surface area contributed by atoms with E-state index in [4.69, 9.17) is 0 Å². The first kappa shape index (κ1) is 22.2. The van der Waals surface area contributed by atoms with Crippen molar-refractivity contribution in [2.24, 2.45) is 0 Å². The number of carbonyl (C=O) groups excluding carboxylic acids is 1. The Kier molecular flexibility index (Phi) is 8.08. The van der Waals surface area contributed by atoms with E-state index in [9.17, 15) is 13.2 Å². The lowest BCUT2D eigenvalue weighted by Gasteiger charge is -2.23. The minimum Gasteiger partial charge on any atom is -0.352 e. The fraction of sp³-hybridized carbons (Fsp3) is 0.409. The first-order chi connectivity index (χ1) is 13.9. The lowest BCUT2D eigenvalue weighted by Crippen LogP contribution is -2.50. The maximum Gasteiger partial charge on any atom is 0.241 e. The Morgan fingerprint density at radius 3 is 2.21 bits per heavy atom. The van der Waals surface area contributed by atoms with E-state index in [2.05, 4.69) is 32.6 Å². The fourth-order valence-electron chi connectivity index (χ4n) is 3.63. The van der Waals surface area contributed by atoms with Gasteiger partial charge in [0.05, 0.1) is 4.90 Å². The molecule has 1 fully saturated rings. The highest BCUT2D eigenvalue weighted by molar-refractivity contribution is 14.1. The molecule has 2 aromatic carbocycles. The van der Waals surface area contributed by atoms with Gasteiger partial charge in [0.25, 0.3) is 0 Å². The maximum absolute atomic E-state index is 13.1. The fourth-order valence-corrected chi connectivity index (χ4v) is 5.19. The highest BCUT2D eigenvalue weighted by Crippen LogP contribution is 2.18. The molecule has 0 saturated heterocycles. The second-order valence-corrected chi connectivity index (χ2v) is 10.5. The molecule has 7 heteroatoms. The zero-order chi connectivity index (χ0) is 20.7. The summed E-state index contributed by atoms with van der Waals surface area (Å²) in [6.45, 7) is 0. The molecule has 0 spiro atoms. The molecule has 1 aliphatic rings. The Balaban J connectivity index is 1.78. The molecule has 5 nitrogen and oxygen atoms in total. The molecule has 1 saturated carbocycles. The van der Waals surface area contributed by atoms with Crippen LogP contribution in [0.25, 0.3) is 0 Å². The van der Waals surface area contributed by atoms with Gasteiger partial charge < -0.3 is 5.32 Å². The average molecular weight is 526 g/mol. The van der Waals surface area contributed by atoms with Crippen LogP contribution in [-0.2, 0) is 21.2 Å². The molecule has 0 aliphatic heterocycles. The van der Waals surface area contributed by atoms with Gasteiger partial charge >= 0.3 is 0 Å². The van der Waals surface area contributed by atoms with E-state index in [0.717, 1.165) is 34.8 Å². The normalized spacial score (nSPS) is 16.7. The van der Waals surface area contributed by atoms with E-state index in [1.165, 1.54) is 12.8 Å². The largest absolute Gasteiger partial charge is 0.352 e. The Morgan fingerprint density at radius 1 is 0.966 bits per heavy atom. The van der Waals surface area contributed by atoms with E-state index in [0.29, 0.717) is 6.42 Å². The zero-order valence-corrected chi connectivity index (χ0v) is 19.3. The average Bonchev–Trinajstić information content (AvgIpc) is 2.97. The third-order valence-electron chi connectivity index (χ3n) is 5.22. The molecule has 0 heterocycles. The SMILES string of the molecule is O=C(NC1CCCCCC1)[C@H](Cc1ccccc1)NS(=O)(=O)c1ccc(I)cc1. The third kappa shape index (κ3) is 6.79. The van der Waals surface area contributed by atoms with Gasteiger partial charge in [0, 0.05) is 9.61 Å². The van der Waals surface area contributed by atoms with Crippen LogP contribution in [0.1, 0.15) is 44.1 Å². The van der Waals surface area contributed by atoms with Gasteiger partial charge in [0.1, 0.15) is 6.04 Å². The summed E-state index contributed by atoms with van der Waals surface area (Å²) in [7, 11) is -3.80. The molecule has 1 amide bonds. The van der Waals surface area contributed by atoms with E-state index in [1.54, 1.807) is 24.3 Å². The van der Waals surface area contributed by atoms with Crippen LogP contribution in [0.5, 0.6) is 0 Å². The van der Waals surface area contributed by atoms with Crippen molar-refractivity contribution in [3.05, 3.63) is 63.7 Å². The van der Waals surface area contributed by atoms with Crippen LogP contribution in [0.3, 0.4) is 0 Å². The van der Waals surface area contributed by atoms with Crippen molar-refractivity contribution in [3.8, 4) is 0 Å². The molecule has 29 heavy (non-hydrogen) atoms. The van der Waals surface area contributed by atoms with Crippen molar-refractivity contribution in [2.75, 3.05) is 0 Å². The second-order valence-electron chi connectivity index (χ2n) is 7.51. The molecule has 156 valence electrons. The number of halogens is 1. The van der Waals surface area contributed by atoms with Gasteiger partial charge in [-0.05, 0) is 71.7 Å². The van der Waals surface area contributed by atoms with Crippen LogP contribution in [0.4, 0.5) is 0 Å². The van der Waals surface area contributed by atoms with Crippen molar-refractivity contribution >= 4 is 38.5 Å². The molecule has 3 rings (SSSR count). The number of rotatable bonds is 7. The Bertz CT molecular complexity index is 893. The molecule has 1 atom stereocenters. The van der Waals surface area contributed by atoms with E-state index in [1.807, 2.05) is 30.3 Å². The number of benzene rings is 2. The number of amides is 1. The number of hydrogen-bond donors (Lipinski definition) is 2. The van der Waals surface area contributed by atoms with Crippen molar-refractivity contribution in [3.63, 3.8) is 0 Å². The van der Waals surface area contributed by atoms with E-state index < -0.39 is 16.1 Å². The molecule has 0 unspecified atom stereocenters. The first-order valence-electron chi connectivity index (χ1n) is 10.1. The minimum absolute atomic E-state index is 0.117. The Morgan fingerprint density at radius 2 is 1.59 bits per heavy atom. The lowest BCUT2D eigenvalue weighted by molar-refractivity contribution is -0.123. The number of sulfonamides is 1. The van der Waals surface area contributed by atoms with Crippen LogP contribution in [0.15, 0.2) is 59.5 Å². The minimum atomic E-state index is -3.80. The smallest absolute Gasteiger partial charge is 0.241 e. The molecule has 0 aromatic heterocycles. The van der Waals surface area contributed by atoms with Crippen LogP contribution >= 0.6 is 22.6 Å². The molecular formula is C22H27IN2O3S. The van der Waals surface area contributed by atoms with Gasteiger partial charge in [0.2, 0.25) is 15.9 Å². The van der Waals surface area contributed by atoms with Gasteiger partial charge in [-0.1, -0.05) is 56.0 Å². The molecule has 0 bridgehead atoms. The van der Waals surface area contributed by atoms with Gasteiger partial charge in [-0.3, -0.25) is 4.79 Å². The standard InChI is InChI=1S/C22H27IN2O3S/c23-18-12-14-20(15-13-18)29(27,28)25-21(16-17-8-4-3-5-9-17)22(26)24-19-10-6-1-2-7-11-19/h3-5,8-9,12-15,19,21,25H,1-2,6-7,10-11,16H2,(H,24,26)/t21-/m0/s1. The van der Waals surface area contributed by atoms with Crippen LogP contribution in [-0.4, -0.2) is 26.4 Å². The predicted octanol–water partition coefficient (Wildman–Crippen LogP) is 4.02. The first-order valence-corrected chi connectivity index (χ1v) is 12.6. The summed E-state index contributed by atoms with van der Waals surface area (Å²) < 4.78 is 29.4. The predicted molar refractivity (Wildman–Crippen MR) is 123 cm³/mol. The summed E-state index contributed by atoms with van der Waals surface area (Å²) >= 11 is 2.13. The van der Waals surface area contributed by atoms with Gasteiger partial charge in [-0.15, -0.1) is 0 Å². The van der Waals surface area contributed by atoms with Crippen molar-refractivity contribution in [2.45, 2.75) is 61.9 Å². The molecule has 2 aromatic rings. The molecular weight excluding hydrogens is 499 g/mol. The van der Waals surface area contributed by atoms with E-state index in [-0.39, 0.29) is 16.8 Å². The summed E-state index contributed by atoms with van der Waals surface area (Å²) in [6.07, 6.45) is 6.80. The number of carbonyl (C=O) groups is 1. The van der Waals surface area contributed by atoms with Gasteiger partial charge in [-0.25, -0.2) is 8.42 Å². The van der Waals surface area contributed by atoms with Gasteiger partial charge in [-0.2, -0.15) is 4.72 Å². The molecule has 2 N–H and O–H groups in total. The zero-order valence-electron chi connectivity index (χ0n) is 16.3. The van der Waals surface area contributed by atoms with Crippen LogP contribution in [0, 0.1) is 3.57 Å². The Hall–Kier alpha value is -1.45. The third-order valence-corrected chi connectivity index (χ3v) is 7.43. The van der Waals surface area contributed by atoms with Crippen molar-refractivity contribution < 1.29 is 13.2 Å². The molecule has 0 radical (unpaired) electrons. The quantitative estimate of drug-likeness (QED) is 0.423. The monoisotopic (exact) mass is 526 g/mol. The van der Waals surface area contributed by atoms with Crippen LogP contribution in [0.2, 0.25) is 0 Å². The summed E-state index contributed by atoms with van der Waals surface area (Å²) in [6, 6.07) is 15.4. The summed E-state index contributed by atoms with van der Waals surface area (Å²) in [5, 5.41) is 3.10. The van der Waals surface area contributed by atoms with Crippen molar-refractivity contribution in [1.29, 1.82) is 0 Å². The summed E-state index contributed by atoms with van der Waals surface area (Å²) in [4.78, 5) is 13.2. The highest BCUT2D eigenvalue weighted by Gasteiger charge is 2.27. The topological polar surface area (TPSA) is 75.3 Å². The second kappa shape index (κ2) is 10.5. The lowest BCUT2D eigenvalue weighted by atomic mass is 10.0. The summed E-state index contributed by atoms with van der Waals surface area (Å²) in [5.41, 5.74) is 0.916. The Labute approximate surface area is 186 Å². The highest BCUT2D eigenvalue weighted by atomic mass is 127. The number of nitrogens with one attached hydrogen (secondary N) is 2. The van der Waals surface area contributed by atoms with Crippen molar-refractivity contribution in [1.82, 2.24) is 10.0 Å². The maximum atomic E-state index is 13.1. The van der Waals surface area contributed by atoms with Gasteiger partial charge in [0.15, 0.2) is 0 Å². The number of hydrogen-bond acceptors (Lipinski definition) is 3. The molecule has 1 aliphatic carbocycles. The summed E-state index contributed by atoms with van der Waals surface area (Å²) in [5.74, 6) is -0.255.